The number of hydrogen-bond acceptors (Lipinski definition) is 8. The minimum Gasteiger partial charge on any atom is -0.374 e. The predicted molar refractivity (Wildman–Crippen MR) is 116 cm³/mol. The number of fused-ring (bicyclic) bond motifs is 1. The lowest BCUT2D eigenvalue weighted by Gasteiger charge is -2.28. The molecule has 0 atom stereocenters. The molecular formula is C16H25NO3S4Si. The van der Waals surface area contributed by atoms with Gasteiger partial charge in [-0.3, -0.25) is 0 Å². The minimum atomic E-state index is -2.48. The summed E-state index contributed by atoms with van der Waals surface area (Å²) >= 11 is 1.75. The van der Waals surface area contributed by atoms with Gasteiger partial charge in [0.1, 0.15) is 0 Å². The lowest BCUT2D eigenvalue weighted by molar-refractivity contribution is 0.0712. The van der Waals surface area contributed by atoms with Crippen molar-refractivity contribution in [2.24, 2.45) is 0 Å². The van der Waals surface area contributed by atoms with Gasteiger partial charge in [-0.2, -0.15) is 0 Å². The van der Waals surface area contributed by atoms with E-state index in [2.05, 4.69) is 23.2 Å². The van der Waals surface area contributed by atoms with Crippen molar-refractivity contribution in [1.82, 2.24) is 4.98 Å². The van der Waals surface area contributed by atoms with Crippen molar-refractivity contribution in [3.05, 3.63) is 24.3 Å². The number of hydrogen-bond donors (Lipinski definition) is 0. The van der Waals surface area contributed by atoms with Gasteiger partial charge in [0.15, 0.2) is 4.34 Å². The fourth-order valence-corrected chi connectivity index (χ4v) is 10.5. The number of thiazole rings is 1. The Morgan fingerprint density at radius 2 is 1.72 bits per heavy atom. The number of aromatic nitrogens is 1. The largest absolute Gasteiger partial charge is 0.500 e. The molecule has 0 saturated heterocycles. The Balaban J connectivity index is 1.70. The molecule has 0 bridgehead atoms. The van der Waals surface area contributed by atoms with Crippen LogP contribution in [-0.2, 0) is 13.3 Å². The van der Waals surface area contributed by atoms with Gasteiger partial charge >= 0.3 is 8.80 Å². The van der Waals surface area contributed by atoms with Crippen molar-refractivity contribution < 1.29 is 13.3 Å². The zero-order valence-corrected chi connectivity index (χ0v) is 19.1. The van der Waals surface area contributed by atoms with Crippen molar-refractivity contribution in [2.45, 2.75) is 37.6 Å². The molecule has 4 nitrogen and oxygen atoms in total. The molecule has 0 fully saturated rings. The van der Waals surface area contributed by atoms with Crippen molar-refractivity contribution >= 4 is 61.8 Å². The highest BCUT2D eigenvalue weighted by atomic mass is 33.5. The van der Waals surface area contributed by atoms with E-state index in [0.29, 0.717) is 19.8 Å². The second-order valence-corrected chi connectivity index (χ2v) is 13.2. The fourth-order valence-electron chi connectivity index (χ4n) is 2.32. The van der Waals surface area contributed by atoms with Crippen LogP contribution in [0.2, 0.25) is 6.04 Å². The highest BCUT2D eigenvalue weighted by Gasteiger charge is 2.39. The summed E-state index contributed by atoms with van der Waals surface area (Å²) in [6, 6.07) is 9.15. The Labute approximate surface area is 167 Å². The smallest absolute Gasteiger partial charge is 0.374 e. The lowest BCUT2D eigenvalue weighted by Crippen LogP contribution is -2.46. The molecule has 0 saturated carbocycles. The van der Waals surface area contributed by atoms with Crippen molar-refractivity contribution in [3.63, 3.8) is 0 Å². The minimum absolute atomic E-state index is 0.640. The van der Waals surface area contributed by atoms with Crippen LogP contribution in [0.3, 0.4) is 0 Å². The van der Waals surface area contributed by atoms with Crippen LogP contribution in [0.15, 0.2) is 28.6 Å². The van der Waals surface area contributed by atoms with E-state index in [-0.39, 0.29) is 0 Å². The van der Waals surface area contributed by atoms with E-state index in [9.17, 15) is 0 Å². The van der Waals surface area contributed by atoms with E-state index in [4.69, 9.17) is 13.3 Å². The number of rotatable bonds is 13. The first-order valence-electron chi connectivity index (χ1n) is 8.46. The summed E-state index contributed by atoms with van der Waals surface area (Å²) in [7, 11) is 2.90. The molecular weight excluding hydrogens is 411 g/mol. The highest BCUT2D eigenvalue weighted by molar-refractivity contribution is 9.09. The highest BCUT2D eigenvalue weighted by Crippen LogP contribution is 2.43. The van der Waals surface area contributed by atoms with Gasteiger partial charge < -0.3 is 13.3 Å². The third-order valence-corrected chi connectivity index (χ3v) is 11.8. The Bertz CT molecular complexity index is 578. The summed E-state index contributed by atoms with van der Waals surface area (Å²) in [4.78, 5) is 4.64. The monoisotopic (exact) mass is 435 g/mol. The normalized spacial score (nSPS) is 12.1. The Morgan fingerprint density at radius 3 is 2.36 bits per heavy atom. The molecule has 25 heavy (non-hydrogen) atoms. The molecule has 0 aliphatic rings. The van der Waals surface area contributed by atoms with Gasteiger partial charge in [0.05, 0.1) is 10.2 Å². The molecule has 0 spiro atoms. The maximum Gasteiger partial charge on any atom is 0.500 e. The maximum atomic E-state index is 5.88. The Hall–Kier alpha value is 0.257. The second kappa shape index (κ2) is 11.9. The van der Waals surface area contributed by atoms with Crippen LogP contribution in [0, 0.1) is 0 Å². The number of para-hydroxylation sites is 1. The molecule has 1 aromatic heterocycles. The quantitative estimate of drug-likeness (QED) is 0.213. The molecule has 9 heteroatoms. The molecule has 0 aliphatic carbocycles. The van der Waals surface area contributed by atoms with Crippen LogP contribution < -0.4 is 0 Å². The van der Waals surface area contributed by atoms with Gasteiger partial charge in [-0.15, -0.1) is 11.3 Å². The van der Waals surface area contributed by atoms with Crippen LogP contribution in [0.25, 0.3) is 10.2 Å². The van der Waals surface area contributed by atoms with Gasteiger partial charge in [0.2, 0.25) is 0 Å². The van der Waals surface area contributed by atoms with E-state index in [0.717, 1.165) is 28.1 Å². The molecule has 2 rings (SSSR count). The van der Waals surface area contributed by atoms with Gasteiger partial charge in [-0.1, -0.05) is 22.9 Å². The Kier molecular flexibility index (Phi) is 10.2. The summed E-state index contributed by atoms with van der Waals surface area (Å²) in [6.07, 6.45) is 1.03. The SMILES string of the molecule is CCO[Si](CCCSSSc1nc2ccccc2s1)(OCC)OCC. The zero-order valence-electron chi connectivity index (χ0n) is 14.9. The van der Waals surface area contributed by atoms with E-state index < -0.39 is 8.80 Å². The van der Waals surface area contributed by atoms with Gasteiger partial charge in [-0.25, -0.2) is 4.98 Å². The Morgan fingerprint density at radius 1 is 1.04 bits per heavy atom. The molecule has 0 unspecified atom stereocenters. The summed E-state index contributed by atoms with van der Waals surface area (Å²) in [6.45, 7) is 7.92. The molecule has 0 amide bonds. The lowest BCUT2D eigenvalue weighted by atomic mass is 10.3. The molecule has 0 aliphatic heterocycles. The van der Waals surface area contributed by atoms with E-state index in [1.807, 2.05) is 37.6 Å². The standard InChI is InChI=1S/C16H25NO3S4Si/c1-4-18-25(19-5-2,20-6-3)13-9-12-21-24-23-16-17-14-10-7-8-11-15(14)22-16/h7-8,10-11H,4-6,9,12-13H2,1-3H3. The predicted octanol–water partition coefficient (Wildman–Crippen LogP) is 6.12. The summed E-state index contributed by atoms with van der Waals surface area (Å²) in [5.41, 5.74) is 1.08. The summed E-state index contributed by atoms with van der Waals surface area (Å²) < 4.78 is 20.0. The first kappa shape index (κ1) is 21.6. The van der Waals surface area contributed by atoms with Crippen molar-refractivity contribution in [3.8, 4) is 0 Å². The first-order valence-corrected chi connectivity index (χ1v) is 14.9. The maximum absolute atomic E-state index is 5.88. The fraction of sp³-hybridized carbons (Fsp3) is 0.562. The second-order valence-electron chi connectivity index (χ2n) is 5.01. The third kappa shape index (κ3) is 7.06. The first-order chi connectivity index (χ1) is 12.2. The molecule has 0 N–H and O–H groups in total. The average molecular weight is 436 g/mol. The van der Waals surface area contributed by atoms with Gasteiger partial charge in [0, 0.05) is 31.6 Å². The van der Waals surface area contributed by atoms with Crippen LogP contribution >= 0.6 is 42.8 Å². The number of nitrogens with zero attached hydrogens (tertiary/aromatic N) is 1. The van der Waals surface area contributed by atoms with Crippen molar-refractivity contribution in [1.29, 1.82) is 0 Å². The van der Waals surface area contributed by atoms with Crippen molar-refractivity contribution in [2.75, 3.05) is 25.6 Å². The summed E-state index contributed by atoms with van der Waals surface area (Å²) in [5, 5.41) is 0. The molecule has 2 aromatic rings. The molecule has 1 heterocycles. The van der Waals surface area contributed by atoms with Crippen LogP contribution in [0.4, 0.5) is 0 Å². The topological polar surface area (TPSA) is 40.6 Å². The van der Waals surface area contributed by atoms with Gasteiger partial charge in [0.25, 0.3) is 0 Å². The molecule has 1 aromatic carbocycles. The van der Waals surface area contributed by atoms with Crippen LogP contribution in [0.5, 0.6) is 0 Å². The van der Waals surface area contributed by atoms with Gasteiger partial charge in [-0.05, 0) is 59.9 Å². The number of benzene rings is 1. The summed E-state index contributed by atoms with van der Waals surface area (Å²) in [5.74, 6) is 1.05. The molecule has 0 radical (unpaired) electrons. The van der Waals surface area contributed by atoms with Crippen LogP contribution in [-0.4, -0.2) is 39.4 Å². The van der Waals surface area contributed by atoms with E-state index >= 15 is 0 Å². The third-order valence-electron chi connectivity index (χ3n) is 3.23. The van der Waals surface area contributed by atoms with E-state index in [1.54, 1.807) is 32.0 Å². The zero-order chi connectivity index (χ0) is 18.0. The van der Waals surface area contributed by atoms with Crippen LogP contribution in [0.1, 0.15) is 27.2 Å². The average Bonchev–Trinajstić information content (AvgIpc) is 3.01. The molecule has 140 valence electrons. The van der Waals surface area contributed by atoms with E-state index in [1.165, 1.54) is 4.70 Å².